The zero-order chi connectivity index (χ0) is 17.2. The summed E-state index contributed by atoms with van der Waals surface area (Å²) >= 11 is 0. The molecule has 1 fully saturated rings. The molecule has 124 valence electrons. The number of hydrogen-bond donors (Lipinski definition) is 0. The summed E-state index contributed by atoms with van der Waals surface area (Å²) in [6, 6.07) is 4.07. The number of nitriles is 1. The summed E-state index contributed by atoms with van der Waals surface area (Å²) in [7, 11) is 0. The molecule has 1 aliphatic heterocycles. The Morgan fingerprint density at radius 2 is 1.87 bits per heavy atom. The van der Waals surface area contributed by atoms with E-state index in [2.05, 4.69) is 34.8 Å². The Bertz CT molecular complexity index is 624. The Balaban J connectivity index is 2.08. The zero-order valence-electron chi connectivity index (χ0n) is 14.6. The lowest BCUT2D eigenvalue weighted by Crippen LogP contribution is -2.52. The van der Waals surface area contributed by atoms with Crippen LogP contribution in [0.3, 0.4) is 0 Å². The second-order valence-electron chi connectivity index (χ2n) is 6.90. The summed E-state index contributed by atoms with van der Waals surface area (Å²) in [5.74, 6) is 1.96. The predicted molar refractivity (Wildman–Crippen MR) is 89.0 cm³/mol. The highest BCUT2D eigenvalue weighted by atomic mass is 16.2. The number of anilines is 1. The Hall–Kier alpha value is -2.16. The molecule has 23 heavy (non-hydrogen) atoms. The molecule has 1 amide bonds. The quantitative estimate of drug-likeness (QED) is 0.854. The Morgan fingerprint density at radius 1 is 1.26 bits per heavy atom. The van der Waals surface area contributed by atoms with Crippen molar-refractivity contribution >= 4 is 11.7 Å². The van der Waals surface area contributed by atoms with Crippen LogP contribution in [0.2, 0.25) is 0 Å². The molecule has 0 unspecified atom stereocenters. The van der Waals surface area contributed by atoms with Crippen LogP contribution in [-0.4, -0.2) is 47.0 Å². The number of hydrogen-bond acceptors (Lipinski definition) is 5. The van der Waals surface area contributed by atoms with Crippen LogP contribution < -0.4 is 4.90 Å². The number of carbonyl (C=O) groups is 1. The largest absolute Gasteiger partial charge is 0.353 e. The highest BCUT2D eigenvalue weighted by Crippen LogP contribution is 2.22. The van der Waals surface area contributed by atoms with Crippen LogP contribution in [0, 0.1) is 23.7 Å². The van der Waals surface area contributed by atoms with Gasteiger partial charge in [0.15, 0.2) is 0 Å². The third-order valence-electron chi connectivity index (χ3n) is 4.08. The molecule has 1 aromatic rings. The highest BCUT2D eigenvalue weighted by molar-refractivity contribution is 5.84. The minimum atomic E-state index is -0.960. The first-order valence-corrected chi connectivity index (χ1v) is 8.06. The predicted octanol–water partition coefficient (Wildman–Crippen LogP) is 2.11. The van der Waals surface area contributed by atoms with Crippen molar-refractivity contribution in [2.45, 2.75) is 40.5 Å². The minimum absolute atomic E-state index is 0.0959. The second-order valence-corrected chi connectivity index (χ2v) is 6.90. The molecule has 0 spiro atoms. The van der Waals surface area contributed by atoms with Gasteiger partial charge in [-0.05, 0) is 20.8 Å². The van der Waals surface area contributed by atoms with Crippen molar-refractivity contribution in [3.05, 3.63) is 17.6 Å². The van der Waals surface area contributed by atoms with Crippen LogP contribution in [0.5, 0.6) is 0 Å². The number of aromatic nitrogens is 2. The molecule has 0 radical (unpaired) electrons. The van der Waals surface area contributed by atoms with Crippen molar-refractivity contribution in [1.82, 2.24) is 14.9 Å². The second kappa shape index (κ2) is 6.53. The summed E-state index contributed by atoms with van der Waals surface area (Å²) in [5.41, 5.74) is 0.00111. The molecule has 6 heteroatoms. The Morgan fingerprint density at radius 3 is 2.39 bits per heavy atom. The van der Waals surface area contributed by atoms with E-state index in [0.29, 0.717) is 13.1 Å². The molecule has 1 saturated heterocycles. The van der Waals surface area contributed by atoms with E-state index in [1.54, 1.807) is 18.7 Å². The van der Waals surface area contributed by atoms with Gasteiger partial charge < -0.3 is 9.80 Å². The number of aryl methyl sites for hydroxylation is 1. The molecule has 0 aromatic carbocycles. The lowest BCUT2D eigenvalue weighted by molar-refractivity contribution is -0.137. The maximum Gasteiger partial charge on any atom is 0.242 e. The average molecular weight is 315 g/mol. The average Bonchev–Trinajstić information content (AvgIpc) is 2.53. The third kappa shape index (κ3) is 3.79. The van der Waals surface area contributed by atoms with E-state index >= 15 is 0 Å². The standard InChI is InChI=1S/C17H25N5O/c1-12(2)15-19-13(3)10-14(20-15)21-6-8-22(9-7-21)16(23)17(4,5)11-18/h10,12H,6-9H2,1-5H3. The van der Waals surface area contributed by atoms with Crippen LogP contribution in [0.1, 0.15) is 45.1 Å². The summed E-state index contributed by atoms with van der Waals surface area (Å²) in [6.45, 7) is 12.2. The summed E-state index contributed by atoms with van der Waals surface area (Å²) in [6.07, 6.45) is 0. The molecule has 1 aromatic heterocycles. The van der Waals surface area contributed by atoms with Crippen molar-refractivity contribution < 1.29 is 4.79 Å². The van der Waals surface area contributed by atoms with Gasteiger partial charge >= 0.3 is 0 Å². The third-order valence-corrected chi connectivity index (χ3v) is 4.08. The van der Waals surface area contributed by atoms with Crippen LogP contribution in [0.4, 0.5) is 5.82 Å². The molecule has 2 rings (SSSR count). The van der Waals surface area contributed by atoms with E-state index in [-0.39, 0.29) is 11.8 Å². The normalized spacial score (nSPS) is 15.7. The monoisotopic (exact) mass is 315 g/mol. The number of carbonyl (C=O) groups excluding carboxylic acids is 1. The first-order valence-electron chi connectivity index (χ1n) is 8.06. The van der Waals surface area contributed by atoms with Crippen LogP contribution in [-0.2, 0) is 4.79 Å². The van der Waals surface area contributed by atoms with Gasteiger partial charge in [0.05, 0.1) is 6.07 Å². The van der Waals surface area contributed by atoms with Crippen LogP contribution in [0.15, 0.2) is 6.07 Å². The van der Waals surface area contributed by atoms with Crippen LogP contribution >= 0.6 is 0 Å². The van der Waals surface area contributed by atoms with Crippen molar-refractivity contribution in [1.29, 1.82) is 5.26 Å². The lowest BCUT2D eigenvalue weighted by atomic mass is 9.93. The number of rotatable bonds is 3. The van der Waals surface area contributed by atoms with Gasteiger partial charge in [0.2, 0.25) is 5.91 Å². The number of piperazine rings is 1. The maximum atomic E-state index is 12.4. The Kier molecular flexibility index (Phi) is 4.88. The number of amides is 1. The molecular weight excluding hydrogens is 290 g/mol. The summed E-state index contributed by atoms with van der Waals surface area (Å²) in [4.78, 5) is 25.4. The molecule has 2 heterocycles. The van der Waals surface area contributed by atoms with E-state index < -0.39 is 5.41 Å². The van der Waals surface area contributed by atoms with Gasteiger partial charge in [-0.2, -0.15) is 5.26 Å². The van der Waals surface area contributed by atoms with Crippen LogP contribution in [0.25, 0.3) is 0 Å². The van der Waals surface area contributed by atoms with Gasteiger partial charge in [0, 0.05) is 43.9 Å². The molecule has 1 aliphatic rings. The fourth-order valence-corrected chi connectivity index (χ4v) is 2.58. The van der Waals surface area contributed by atoms with E-state index in [4.69, 9.17) is 5.26 Å². The van der Waals surface area contributed by atoms with Gasteiger partial charge in [0.25, 0.3) is 0 Å². The molecular formula is C17H25N5O. The topological polar surface area (TPSA) is 73.1 Å². The van der Waals surface area contributed by atoms with Crippen molar-refractivity contribution in [2.75, 3.05) is 31.1 Å². The molecule has 0 bridgehead atoms. The summed E-state index contributed by atoms with van der Waals surface area (Å²) in [5, 5.41) is 9.11. The molecule has 0 aliphatic carbocycles. The van der Waals surface area contributed by atoms with Gasteiger partial charge in [-0.25, -0.2) is 9.97 Å². The fourth-order valence-electron chi connectivity index (χ4n) is 2.58. The SMILES string of the molecule is Cc1cc(N2CCN(C(=O)C(C)(C)C#N)CC2)nc(C(C)C)n1. The number of nitrogens with zero attached hydrogens (tertiary/aromatic N) is 5. The van der Waals surface area contributed by atoms with Gasteiger partial charge in [-0.3, -0.25) is 4.79 Å². The van der Waals surface area contributed by atoms with E-state index in [9.17, 15) is 4.79 Å². The first-order chi connectivity index (χ1) is 10.7. The molecule has 0 saturated carbocycles. The van der Waals surface area contributed by atoms with Gasteiger partial charge in [-0.1, -0.05) is 13.8 Å². The minimum Gasteiger partial charge on any atom is -0.353 e. The van der Waals surface area contributed by atoms with Gasteiger partial charge in [0.1, 0.15) is 17.1 Å². The van der Waals surface area contributed by atoms with Gasteiger partial charge in [-0.15, -0.1) is 0 Å². The Labute approximate surface area is 138 Å². The highest BCUT2D eigenvalue weighted by Gasteiger charge is 2.33. The van der Waals surface area contributed by atoms with Crippen molar-refractivity contribution in [2.24, 2.45) is 5.41 Å². The molecule has 0 N–H and O–H groups in total. The van der Waals surface area contributed by atoms with Crippen molar-refractivity contribution in [3.63, 3.8) is 0 Å². The lowest BCUT2D eigenvalue weighted by Gasteiger charge is -2.37. The van der Waals surface area contributed by atoms with E-state index in [0.717, 1.165) is 30.4 Å². The maximum absolute atomic E-state index is 12.4. The fraction of sp³-hybridized carbons (Fsp3) is 0.647. The first kappa shape index (κ1) is 17.2. The smallest absolute Gasteiger partial charge is 0.242 e. The van der Waals surface area contributed by atoms with E-state index in [1.165, 1.54) is 0 Å². The summed E-state index contributed by atoms with van der Waals surface area (Å²) < 4.78 is 0. The van der Waals surface area contributed by atoms with Crippen molar-refractivity contribution in [3.8, 4) is 6.07 Å². The van der Waals surface area contributed by atoms with E-state index in [1.807, 2.05) is 13.0 Å². The molecule has 0 atom stereocenters. The molecule has 6 nitrogen and oxygen atoms in total. The zero-order valence-corrected chi connectivity index (χ0v) is 14.6.